The minimum Gasteiger partial charge on any atom is -0.493 e. The first-order chi connectivity index (χ1) is 18.1. The normalized spacial score (nSPS) is 12.2. The van der Waals surface area contributed by atoms with Crippen LogP contribution in [-0.4, -0.2) is 46.9 Å². The molecule has 3 aromatic carbocycles. The van der Waals surface area contributed by atoms with Gasteiger partial charge in [0, 0.05) is 23.2 Å². The van der Waals surface area contributed by atoms with E-state index in [-0.39, 0.29) is 13.4 Å². The zero-order valence-corrected chi connectivity index (χ0v) is 21.0. The number of carbonyl (C=O) groups is 1. The summed E-state index contributed by atoms with van der Waals surface area (Å²) < 4.78 is 38.2. The standard InChI is InChI=1S/C26H22N4O6S/c1-4-34-26(31)25-24(27-14-5-7-17-18(9-14)29-37-28-17)16-11-21(32-2)22(33-3)12-19(16)30(25)15-6-8-20-23(10-15)36-13-35-20/h5-12,27H,4,13H2,1-3H3. The molecule has 0 spiro atoms. The first-order valence-electron chi connectivity index (χ1n) is 11.5. The van der Waals surface area contributed by atoms with E-state index in [4.69, 9.17) is 23.7 Å². The quantitative estimate of drug-likeness (QED) is 0.287. The maximum Gasteiger partial charge on any atom is 0.357 e. The monoisotopic (exact) mass is 518 g/mol. The molecular weight excluding hydrogens is 496 g/mol. The van der Waals surface area contributed by atoms with Crippen molar-refractivity contribution in [1.82, 2.24) is 13.3 Å². The van der Waals surface area contributed by atoms with Crippen molar-refractivity contribution in [1.29, 1.82) is 0 Å². The third-order valence-corrected chi connectivity index (χ3v) is 6.64. The number of hydrogen-bond donors (Lipinski definition) is 1. The van der Waals surface area contributed by atoms with Crippen molar-refractivity contribution < 1.29 is 28.5 Å². The van der Waals surface area contributed by atoms with Crippen molar-refractivity contribution in [3.8, 4) is 28.7 Å². The van der Waals surface area contributed by atoms with Gasteiger partial charge in [0.05, 0.1) is 49.4 Å². The van der Waals surface area contributed by atoms with E-state index in [0.717, 1.165) is 33.8 Å². The molecule has 0 amide bonds. The second-order valence-corrected chi connectivity index (χ2v) is 8.66. The Morgan fingerprint density at radius 2 is 1.78 bits per heavy atom. The van der Waals surface area contributed by atoms with Gasteiger partial charge in [-0.05, 0) is 43.3 Å². The first-order valence-corrected chi connectivity index (χ1v) is 12.2. The number of hydrogen-bond acceptors (Lipinski definition) is 10. The van der Waals surface area contributed by atoms with E-state index in [2.05, 4.69) is 14.1 Å². The number of esters is 1. The van der Waals surface area contributed by atoms with Gasteiger partial charge in [-0.1, -0.05) is 0 Å². The number of rotatable bonds is 7. The molecule has 0 radical (unpaired) electrons. The molecule has 2 aromatic heterocycles. The molecule has 0 aliphatic carbocycles. The topological polar surface area (TPSA) is 106 Å². The summed E-state index contributed by atoms with van der Waals surface area (Å²) in [7, 11) is 3.14. The maximum absolute atomic E-state index is 13.5. The SMILES string of the molecule is CCOC(=O)c1c(Nc2ccc3nsnc3c2)c2cc(OC)c(OC)cc2n1-c1ccc2c(c1)OCO2. The molecule has 11 heteroatoms. The lowest BCUT2D eigenvalue weighted by atomic mass is 10.1. The number of anilines is 2. The lowest BCUT2D eigenvalue weighted by Gasteiger charge is -2.13. The molecule has 10 nitrogen and oxygen atoms in total. The van der Waals surface area contributed by atoms with Gasteiger partial charge in [-0.25, -0.2) is 4.79 Å². The van der Waals surface area contributed by atoms with Crippen LogP contribution in [-0.2, 0) is 4.74 Å². The summed E-state index contributed by atoms with van der Waals surface area (Å²) in [5.74, 6) is 1.78. The smallest absolute Gasteiger partial charge is 0.357 e. The van der Waals surface area contributed by atoms with Crippen LogP contribution >= 0.6 is 11.7 Å². The molecule has 0 bridgehead atoms. The highest BCUT2D eigenvalue weighted by atomic mass is 32.1. The molecular formula is C26H22N4O6S. The Balaban J connectivity index is 1.64. The lowest BCUT2D eigenvalue weighted by Crippen LogP contribution is -2.13. The number of benzene rings is 3. The van der Waals surface area contributed by atoms with Crippen LogP contribution in [0.5, 0.6) is 23.0 Å². The van der Waals surface area contributed by atoms with Crippen LogP contribution < -0.4 is 24.3 Å². The lowest BCUT2D eigenvalue weighted by molar-refractivity contribution is 0.0518. The highest BCUT2D eigenvalue weighted by Crippen LogP contribution is 2.43. The second kappa shape index (κ2) is 9.17. The molecule has 0 saturated heterocycles. The summed E-state index contributed by atoms with van der Waals surface area (Å²) in [4.78, 5) is 13.5. The highest BCUT2D eigenvalue weighted by molar-refractivity contribution is 7.00. The average Bonchev–Trinajstić information content (AvgIpc) is 3.64. The molecule has 5 aromatic rings. The van der Waals surface area contributed by atoms with Crippen LogP contribution in [0.2, 0.25) is 0 Å². The summed E-state index contributed by atoms with van der Waals surface area (Å²) in [6.07, 6.45) is 0. The number of ether oxygens (including phenoxy) is 5. The fourth-order valence-electron chi connectivity index (χ4n) is 4.43. The molecule has 188 valence electrons. The fraction of sp³-hybridized carbons (Fsp3) is 0.192. The van der Waals surface area contributed by atoms with Crippen LogP contribution in [0.15, 0.2) is 48.5 Å². The van der Waals surface area contributed by atoms with Crippen molar-refractivity contribution in [3.63, 3.8) is 0 Å². The number of nitrogens with one attached hydrogen (secondary N) is 1. The van der Waals surface area contributed by atoms with E-state index >= 15 is 0 Å². The van der Waals surface area contributed by atoms with Crippen molar-refractivity contribution in [2.75, 3.05) is 32.9 Å². The van der Waals surface area contributed by atoms with Gasteiger partial charge in [-0.2, -0.15) is 8.75 Å². The van der Waals surface area contributed by atoms with E-state index in [1.54, 1.807) is 21.1 Å². The molecule has 1 N–H and O–H groups in total. The van der Waals surface area contributed by atoms with Crippen molar-refractivity contribution in [2.24, 2.45) is 0 Å². The van der Waals surface area contributed by atoms with Gasteiger partial charge in [0.2, 0.25) is 6.79 Å². The number of nitrogens with zero attached hydrogens (tertiary/aromatic N) is 3. The van der Waals surface area contributed by atoms with Gasteiger partial charge in [0.25, 0.3) is 0 Å². The van der Waals surface area contributed by atoms with Crippen molar-refractivity contribution >= 4 is 51.0 Å². The van der Waals surface area contributed by atoms with Gasteiger partial charge >= 0.3 is 5.97 Å². The van der Waals surface area contributed by atoms with E-state index in [1.807, 2.05) is 53.1 Å². The van der Waals surface area contributed by atoms with Gasteiger partial charge in [0.15, 0.2) is 28.7 Å². The molecule has 1 aliphatic heterocycles. The van der Waals surface area contributed by atoms with Crippen molar-refractivity contribution in [2.45, 2.75) is 6.92 Å². The molecule has 3 heterocycles. The molecule has 0 unspecified atom stereocenters. The fourth-order valence-corrected chi connectivity index (χ4v) is 4.95. The largest absolute Gasteiger partial charge is 0.493 e. The molecule has 0 atom stereocenters. The molecule has 0 saturated carbocycles. The predicted octanol–water partition coefficient (Wildman–Crippen LogP) is 5.30. The van der Waals surface area contributed by atoms with Crippen LogP contribution in [0.4, 0.5) is 11.4 Å². The van der Waals surface area contributed by atoms with E-state index < -0.39 is 5.97 Å². The Bertz CT molecular complexity index is 1660. The number of methoxy groups -OCH3 is 2. The Kier molecular flexibility index (Phi) is 5.68. The van der Waals surface area contributed by atoms with Crippen LogP contribution in [0.25, 0.3) is 27.6 Å². The number of aromatic nitrogens is 3. The summed E-state index contributed by atoms with van der Waals surface area (Å²) >= 11 is 1.15. The summed E-state index contributed by atoms with van der Waals surface area (Å²) in [6, 6.07) is 14.8. The average molecular weight is 519 g/mol. The van der Waals surface area contributed by atoms with Crippen LogP contribution in [0, 0.1) is 0 Å². The van der Waals surface area contributed by atoms with Crippen LogP contribution in [0.3, 0.4) is 0 Å². The molecule has 6 rings (SSSR count). The first kappa shape index (κ1) is 22.9. The van der Waals surface area contributed by atoms with E-state index in [9.17, 15) is 4.79 Å². The minimum atomic E-state index is -0.492. The third kappa shape index (κ3) is 3.84. The zero-order valence-electron chi connectivity index (χ0n) is 20.2. The zero-order chi connectivity index (χ0) is 25.5. The Morgan fingerprint density at radius 3 is 2.59 bits per heavy atom. The third-order valence-electron chi connectivity index (χ3n) is 6.08. The number of carbonyl (C=O) groups excluding carboxylic acids is 1. The van der Waals surface area contributed by atoms with Gasteiger partial charge < -0.3 is 33.6 Å². The Morgan fingerprint density at radius 1 is 1.00 bits per heavy atom. The maximum atomic E-state index is 13.5. The van der Waals surface area contributed by atoms with Gasteiger partial charge in [-0.15, -0.1) is 0 Å². The van der Waals surface area contributed by atoms with Gasteiger partial charge in [0.1, 0.15) is 11.0 Å². The van der Waals surface area contributed by atoms with E-state index in [0.29, 0.717) is 45.6 Å². The van der Waals surface area contributed by atoms with Crippen LogP contribution in [0.1, 0.15) is 17.4 Å². The minimum absolute atomic E-state index is 0.141. The molecule has 1 aliphatic rings. The highest BCUT2D eigenvalue weighted by Gasteiger charge is 2.28. The molecule has 0 fully saturated rings. The molecule has 37 heavy (non-hydrogen) atoms. The van der Waals surface area contributed by atoms with Gasteiger partial charge in [-0.3, -0.25) is 0 Å². The summed E-state index contributed by atoms with van der Waals surface area (Å²) in [5, 5.41) is 4.16. The second-order valence-electron chi connectivity index (χ2n) is 8.13. The van der Waals surface area contributed by atoms with Crippen molar-refractivity contribution in [3.05, 3.63) is 54.2 Å². The predicted molar refractivity (Wildman–Crippen MR) is 139 cm³/mol. The summed E-state index contributed by atoms with van der Waals surface area (Å²) in [6.45, 7) is 2.12. The number of fused-ring (bicyclic) bond motifs is 3. The van der Waals surface area contributed by atoms with E-state index in [1.165, 1.54) is 0 Å². The summed E-state index contributed by atoms with van der Waals surface area (Å²) in [5.41, 5.74) is 4.56. The Labute approximate surface area is 215 Å². The Hall–Kier alpha value is -4.51.